The van der Waals surface area contributed by atoms with Gasteiger partial charge in [-0.3, -0.25) is 0 Å². The monoisotopic (exact) mass is 949 g/mol. The molecule has 0 saturated heterocycles. The first-order valence-electron chi connectivity index (χ1n) is 29.2. The third kappa shape index (κ3) is 20.9. The van der Waals surface area contributed by atoms with E-state index in [1.54, 1.807) is 38.1 Å². The van der Waals surface area contributed by atoms with E-state index in [0.29, 0.717) is 0 Å². The van der Waals surface area contributed by atoms with Crippen LogP contribution >= 0.6 is 0 Å². The van der Waals surface area contributed by atoms with Crippen molar-refractivity contribution >= 4 is 11.4 Å². The molecule has 3 rings (SSSR count). The molecule has 1 aliphatic rings. The average Bonchev–Trinajstić information content (AvgIpc) is 3.59. The number of nitrogens with zero attached hydrogens (tertiary/aromatic N) is 2. The van der Waals surface area contributed by atoms with Crippen molar-refractivity contribution in [2.24, 2.45) is 0 Å². The van der Waals surface area contributed by atoms with Crippen LogP contribution in [0.15, 0.2) is 35.4 Å². The smallest absolute Gasteiger partial charge is 0.211 e. The molecular weight excluding hydrogens is 843 g/mol. The maximum Gasteiger partial charge on any atom is 0.211 e. The Balaban J connectivity index is 0.0000150. The third-order valence-corrected chi connectivity index (χ3v) is 14.8. The molecule has 0 aliphatic carbocycles. The molecule has 3 heteroatoms. The summed E-state index contributed by atoms with van der Waals surface area (Å²) in [6, 6.07) is 10.3. The Kier molecular flexibility index (Phi) is 34.5. The molecule has 2 aromatic rings. The van der Waals surface area contributed by atoms with Gasteiger partial charge < -0.3 is 5.53 Å². The molecule has 0 atom stereocenters. The van der Waals surface area contributed by atoms with Crippen LogP contribution in [0.25, 0.3) is 16.9 Å². The summed E-state index contributed by atoms with van der Waals surface area (Å²) >= 11 is 0. The number of benzene rings is 2. The van der Waals surface area contributed by atoms with E-state index in [0.717, 1.165) is 49.9 Å². The molecule has 0 saturated carbocycles. The molecule has 1 heterocycles. The van der Waals surface area contributed by atoms with Crippen LogP contribution < -0.4 is 0 Å². The fourth-order valence-electron chi connectivity index (χ4n) is 10.8. The first-order chi connectivity index (χ1) is 31.9. The molecule has 0 unspecified atom stereocenters. The van der Waals surface area contributed by atoms with Crippen molar-refractivity contribution in [2.45, 2.75) is 306 Å². The Morgan fingerprint density at radius 2 is 0.515 bits per heavy atom. The van der Waals surface area contributed by atoms with Gasteiger partial charge >= 0.3 is 0 Å². The van der Waals surface area contributed by atoms with E-state index in [1.807, 2.05) is 0 Å². The van der Waals surface area contributed by atoms with E-state index in [2.05, 4.69) is 79.7 Å². The summed E-state index contributed by atoms with van der Waals surface area (Å²) in [5, 5.41) is 0. The molecule has 0 N–H and O–H groups in total. The second kappa shape index (κ2) is 37.9. The second-order valence-corrected chi connectivity index (χ2v) is 20.6. The quantitative estimate of drug-likeness (QED) is 0.0361. The molecule has 2 nitrogen and oxygen atoms in total. The summed E-state index contributed by atoms with van der Waals surface area (Å²) in [5.74, 6) is 0. The zero-order valence-corrected chi connectivity index (χ0v) is 46.1. The van der Waals surface area contributed by atoms with E-state index in [4.69, 9.17) is 0 Å². The van der Waals surface area contributed by atoms with Crippen LogP contribution in [0.5, 0.6) is 0 Å². The van der Waals surface area contributed by atoms with E-state index >= 15 is 0 Å². The predicted octanol–water partition coefficient (Wildman–Crippen LogP) is 21.1. The van der Waals surface area contributed by atoms with E-state index in [-0.39, 0.29) is 16.5 Å². The standard InChI is InChI=1S/C63H106N2.Ni/c1-9-17-25-27-29-30-31-32-33-34-35-37-39-47-61-60(46-38-36-28-26-18-10-2)62(56-48-52(40-19-11-3)58(44-23-15-7)53(49-56)41-20-12-4)65(64)63(61)57-50-54(42-21-13-5)59(45-24-16-8)55(51-57)43-22-14-6;/h48-51H,9-47H2,1-8H3;. The molecule has 0 aromatic heterocycles. The zero-order chi connectivity index (χ0) is 46.9. The SMILES string of the molecule is CCCCCCCCCCCCCCCC1=C(c2cc(CCCC)c(CCCC)c(CCCC)c2)[N+](=[N-])C(c2cc(CCCC)c(CCCC)c(CCCC)c2)=C1CCCCCCCC.[Ni]. The Bertz CT molecular complexity index is 1600. The van der Waals surface area contributed by atoms with Crippen molar-refractivity contribution in [3.05, 3.63) is 85.5 Å². The van der Waals surface area contributed by atoms with Crippen molar-refractivity contribution in [1.29, 1.82) is 0 Å². The van der Waals surface area contributed by atoms with Crippen LogP contribution in [-0.2, 0) is 55.0 Å². The largest absolute Gasteiger partial charge is 0.493 e. The zero-order valence-electron chi connectivity index (χ0n) is 45.1. The summed E-state index contributed by atoms with van der Waals surface area (Å²) in [7, 11) is 0. The summed E-state index contributed by atoms with van der Waals surface area (Å²) in [4.78, 5) is 0. The van der Waals surface area contributed by atoms with Crippen LogP contribution in [0.4, 0.5) is 0 Å². The first kappa shape index (κ1) is 60.1. The molecule has 378 valence electrons. The molecule has 1 aliphatic heterocycles. The third-order valence-electron chi connectivity index (χ3n) is 14.8. The average molecular weight is 950 g/mol. The van der Waals surface area contributed by atoms with Crippen molar-refractivity contribution in [2.75, 3.05) is 0 Å². The number of rotatable bonds is 41. The fraction of sp³-hybridized carbons (Fsp3) is 0.746. The van der Waals surface area contributed by atoms with Gasteiger partial charge in [0.1, 0.15) is 0 Å². The summed E-state index contributed by atoms with van der Waals surface area (Å²) < 4.78 is 1.77. The van der Waals surface area contributed by atoms with Crippen molar-refractivity contribution in [1.82, 2.24) is 0 Å². The number of hydrogen-bond acceptors (Lipinski definition) is 0. The summed E-state index contributed by atoms with van der Waals surface area (Å²) in [5.41, 5.74) is 30.4. The van der Waals surface area contributed by atoms with Crippen molar-refractivity contribution in [3.63, 3.8) is 0 Å². The predicted molar refractivity (Wildman–Crippen MR) is 290 cm³/mol. The van der Waals surface area contributed by atoms with Gasteiger partial charge in [-0.15, -0.1) is 0 Å². The van der Waals surface area contributed by atoms with Crippen LogP contribution in [0.2, 0.25) is 0 Å². The van der Waals surface area contributed by atoms with Crippen molar-refractivity contribution < 1.29 is 21.2 Å². The van der Waals surface area contributed by atoms with Gasteiger partial charge in [0.15, 0.2) is 0 Å². The Hall–Kier alpha value is -1.99. The fourth-order valence-corrected chi connectivity index (χ4v) is 10.8. The van der Waals surface area contributed by atoms with Crippen LogP contribution in [-0.4, -0.2) is 4.70 Å². The number of hydrogen-bond donors (Lipinski definition) is 0. The number of allylic oxidation sites excluding steroid dienone is 2. The maximum absolute atomic E-state index is 13.2. The topological polar surface area (TPSA) is 25.3 Å². The van der Waals surface area contributed by atoms with Gasteiger partial charge in [0.25, 0.3) is 0 Å². The van der Waals surface area contributed by atoms with Gasteiger partial charge in [-0.05, 0) is 160 Å². The Labute approximate surface area is 421 Å². The minimum Gasteiger partial charge on any atom is -0.493 e. The van der Waals surface area contributed by atoms with E-state index in [1.165, 1.54) is 234 Å². The molecule has 0 radical (unpaired) electrons. The second-order valence-electron chi connectivity index (χ2n) is 20.6. The van der Waals surface area contributed by atoms with Crippen LogP contribution in [0.1, 0.15) is 312 Å². The van der Waals surface area contributed by atoms with E-state index in [9.17, 15) is 5.53 Å². The molecule has 0 amide bonds. The molecule has 2 aromatic carbocycles. The minimum atomic E-state index is 0. The molecule has 0 bridgehead atoms. The minimum absolute atomic E-state index is 0. The van der Waals surface area contributed by atoms with Gasteiger partial charge in [0, 0.05) is 38.8 Å². The normalized spacial score (nSPS) is 12.9. The summed E-state index contributed by atoms with van der Waals surface area (Å²) in [6.45, 7) is 18.7. The summed E-state index contributed by atoms with van der Waals surface area (Å²) in [6.07, 6.45) is 49.4. The van der Waals surface area contributed by atoms with Gasteiger partial charge in [0.05, 0.1) is 0 Å². The van der Waals surface area contributed by atoms with Gasteiger partial charge in [-0.25, -0.2) is 4.70 Å². The Morgan fingerprint density at radius 3 is 0.773 bits per heavy atom. The number of unbranched alkanes of at least 4 members (excludes halogenated alkanes) is 23. The van der Waals surface area contributed by atoms with Crippen LogP contribution in [0, 0.1) is 0 Å². The van der Waals surface area contributed by atoms with Gasteiger partial charge in [-0.2, -0.15) is 0 Å². The van der Waals surface area contributed by atoms with Gasteiger partial charge in [0.2, 0.25) is 11.4 Å². The van der Waals surface area contributed by atoms with Gasteiger partial charge in [-0.1, -0.05) is 203 Å². The number of aryl methyl sites for hydroxylation is 4. The Morgan fingerprint density at radius 1 is 0.288 bits per heavy atom. The van der Waals surface area contributed by atoms with E-state index < -0.39 is 0 Å². The molecule has 0 spiro atoms. The molecule has 0 fully saturated rings. The molecular formula is C63H106N2Ni. The van der Waals surface area contributed by atoms with Crippen LogP contribution in [0.3, 0.4) is 0 Å². The van der Waals surface area contributed by atoms with Crippen molar-refractivity contribution in [3.8, 4) is 0 Å². The maximum atomic E-state index is 13.2. The molecule has 66 heavy (non-hydrogen) atoms. The first-order valence-corrected chi connectivity index (χ1v) is 29.2.